The molecular weight excluding hydrogens is 186 g/mol. The molecule has 1 aromatic rings. The normalized spacial score (nSPS) is 17.4. The van der Waals surface area contributed by atoms with Crippen LogP contribution in [-0.4, -0.2) is 35.4 Å². The largest absolute Gasteiger partial charge is 0.459 e. The van der Waals surface area contributed by atoms with Crippen LogP contribution in [0.3, 0.4) is 0 Å². The molecule has 1 fully saturated rings. The lowest BCUT2D eigenvalue weighted by molar-refractivity contribution is 0.0740. The second kappa shape index (κ2) is 3.87. The van der Waals surface area contributed by atoms with Gasteiger partial charge in [0.1, 0.15) is 0 Å². The van der Waals surface area contributed by atoms with Gasteiger partial charge in [-0.3, -0.25) is 4.79 Å². The molecular formula is C9H11NO2S. The third kappa shape index (κ3) is 1.88. The highest BCUT2D eigenvalue weighted by atomic mass is 32.2. The monoisotopic (exact) mass is 197 g/mol. The van der Waals surface area contributed by atoms with Gasteiger partial charge in [-0.1, -0.05) is 0 Å². The zero-order chi connectivity index (χ0) is 9.10. The number of rotatable bonds is 1. The van der Waals surface area contributed by atoms with E-state index in [0.717, 1.165) is 24.6 Å². The van der Waals surface area contributed by atoms with Crippen molar-refractivity contribution in [1.29, 1.82) is 0 Å². The average molecular weight is 197 g/mol. The first-order chi connectivity index (χ1) is 6.38. The smallest absolute Gasteiger partial charge is 0.289 e. The van der Waals surface area contributed by atoms with Gasteiger partial charge < -0.3 is 9.32 Å². The van der Waals surface area contributed by atoms with E-state index < -0.39 is 0 Å². The second-order valence-corrected chi connectivity index (χ2v) is 4.11. The Hall–Kier alpha value is -0.900. The van der Waals surface area contributed by atoms with Gasteiger partial charge in [-0.15, -0.1) is 0 Å². The molecule has 1 amide bonds. The summed E-state index contributed by atoms with van der Waals surface area (Å²) in [6, 6.07) is 3.45. The molecule has 0 aromatic carbocycles. The van der Waals surface area contributed by atoms with Crippen LogP contribution in [0.15, 0.2) is 22.8 Å². The lowest BCUT2D eigenvalue weighted by Gasteiger charge is -2.25. The van der Waals surface area contributed by atoms with E-state index in [1.807, 2.05) is 16.7 Å². The minimum absolute atomic E-state index is 0.0188. The topological polar surface area (TPSA) is 33.5 Å². The molecule has 2 rings (SSSR count). The summed E-state index contributed by atoms with van der Waals surface area (Å²) in [7, 11) is 0. The summed E-state index contributed by atoms with van der Waals surface area (Å²) in [5, 5.41) is 0. The maximum Gasteiger partial charge on any atom is 0.289 e. The Morgan fingerprint density at radius 2 is 2.23 bits per heavy atom. The maximum atomic E-state index is 11.7. The fraction of sp³-hybridized carbons (Fsp3) is 0.444. The van der Waals surface area contributed by atoms with E-state index in [1.165, 1.54) is 6.26 Å². The molecule has 0 spiro atoms. The quantitative estimate of drug-likeness (QED) is 0.683. The molecule has 2 heterocycles. The van der Waals surface area contributed by atoms with Crippen LogP contribution in [-0.2, 0) is 0 Å². The number of carbonyl (C=O) groups excluding carboxylic acids is 1. The molecule has 3 nitrogen and oxygen atoms in total. The molecule has 70 valence electrons. The van der Waals surface area contributed by atoms with Crippen molar-refractivity contribution in [2.75, 3.05) is 24.6 Å². The Kier molecular flexibility index (Phi) is 2.59. The Labute approximate surface area is 81.1 Å². The fourth-order valence-electron chi connectivity index (χ4n) is 1.32. The zero-order valence-corrected chi connectivity index (χ0v) is 8.05. The van der Waals surface area contributed by atoms with E-state index in [4.69, 9.17) is 4.42 Å². The number of amides is 1. The van der Waals surface area contributed by atoms with Crippen molar-refractivity contribution < 1.29 is 9.21 Å². The van der Waals surface area contributed by atoms with Gasteiger partial charge in [0.15, 0.2) is 5.76 Å². The summed E-state index contributed by atoms with van der Waals surface area (Å²) < 4.78 is 5.05. The maximum absolute atomic E-state index is 11.7. The molecule has 0 aliphatic carbocycles. The summed E-state index contributed by atoms with van der Waals surface area (Å²) >= 11 is 1.89. The minimum atomic E-state index is 0.0188. The highest BCUT2D eigenvalue weighted by molar-refractivity contribution is 7.99. The van der Waals surface area contributed by atoms with Gasteiger partial charge in [0.25, 0.3) is 5.91 Å². The van der Waals surface area contributed by atoms with Crippen LogP contribution in [0.5, 0.6) is 0 Å². The minimum Gasteiger partial charge on any atom is -0.459 e. The highest BCUT2D eigenvalue weighted by Gasteiger charge is 2.19. The number of furan rings is 1. The van der Waals surface area contributed by atoms with E-state index in [9.17, 15) is 4.79 Å². The lowest BCUT2D eigenvalue weighted by atomic mass is 10.3. The van der Waals surface area contributed by atoms with E-state index in [2.05, 4.69) is 0 Å². The zero-order valence-electron chi connectivity index (χ0n) is 7.23. The van der Waals surface area contributed by atoms with Gasteiger partial charge in [-0.25, -0.2) is 0 Å². The molecule has 0 atom stereocenters. The molecule has 0 N–H and O–H groups in total. The summed E-state index contributed by atoms with van der Waals surface area (Å²) in [6.07, 6.45) is 1.53. The fourth-order valence-corrected chi connectivity index (χ4v) is 2.23. The van der Waals surface area contributed by atoms with Crippen molar-refractivity contribution in [2.24, 2.45) is 0 Å². The Morgan fingerprint density at radius 3 is 2.85 bits per heavy atom. The number of hydrogen-bond donors (Lipinski definition) is 0. The van der Waals surface area contributed by atoms with Gasteiger partial charge in [-0.05, 0) is 12.1 Å². The summed E-state index contributed by atoms with van der Waals surface area (Å²) in [5.41, 5.74) is 0. The molecule has 0 saturated carbocycles. The first-order valence-corrected chi connectivity index (χ1v) is 5.44. The van der Waals surface area contributed by atoms with Crippen LogP contribution in [0, 0.1) is 0 Å². The summed E-state index contributed by atoms with van der Waals surface area (Å²) in [4.78, 5) is 13.5. The first-order valence-electron chi connectivity index (χ1n) is 4.28. The standard InChI is InChI=1S/C9H11NO2S/c11-9(8-2-1-5-12-8)10-3-6-13-7-4-10/h1-2,5H,3-4,6-7H2. The van der Waals surface area contributed by atoms with E-state index in [-0.39, 0.29) is 5.91 Å². The molecule has 0 radical (unpaired) electrons. The molecule has 0 unspecified atom stereocenters. The highest BCUT2D eigenvalue weighted by Crippen LogP contribution is 2.12. The Morgan fingerprint density at radius 1 is 1.46 bits per heavy atom. The average Bonchev–Trinajstić information content (AvgIpc) is 2.71. The van der Waals surface area contributed by atoms with Crippen molar-refractivity contribution in [3.05, 3.63) is 24.2 Å². The first kappa shape index (κ1) is 8.69. The molecule has 13 heavy (non-hydrogen) atoms. The van der Waals surface area contributed by atoms with Crippen molar-refractivity contribution in [2.45, 2.75) is 0 Å². The third-order valence-electron chi connectivity index (χ3n) is 2.03. The SMILES string of the molecule is O=C(c1ccco1)N1CCSCC1. The third-order valence-corrected chi connectivity index (χ3v) is 2.97. The van der Waals surface area contributed by atoms with Crippen molar-refractivity contribution >= 4 is 17.7 Å². The van der Waals surface area contributed by atoms with Crippen molar-refractivity contribution in [1.82, 2.24) is 4.90 Å². The molecule has 1 aliphatic rings. The predicted molar refractivity (Wildman–Crippen MR) is 51.9 cm³/mol. The number of nitrogens with zero attached hydrogens (tertiary/aromatic N) is 1. The number of hydrogen-bond acceptors (Lipinski definition) is 3. The summed E-state index contributed by atoms with van der Waals surface area (Å²) in [6.45, 7) is 1.68. The van der Waals surface area contributed by atoms with Crippen molar-refractivity contribution in [3.63, 3.8) is 0 Å². The Balaban J connectivity index is 2.04. The van der Waals surface area contributed by atoms with Gasteiger partial charge in [0, 0.05) is 24.6 Å². The van der Waals surface area contributed by atoms with Gasteiger partial charge in [0.2, 0.25) is 0 Å². The Bertz CT molecular complexity index is 278. The van der Waals surface area contributed by atoms with E-state index in [0.29, 0.717) is 5.76 Å². The number of carbonyl (C=O) groups is 1. The van der Waals surface area contributed by atoms with E-state index >= 15 is 0 Å². The van der Waals surface area contributed by atoms with E-state index in [1.54, 1.807) is 12.1 Å². The van der Waals surface area contributed by atoms with Gasteiger partial charge in [0.05, 0.1) is 6.26 Å². The van der Waals surface area contributed by atoms with Crippen LogP contribution in [0.1, 0.15) is 10.6 Å². The van der Waals surface area contributed by atoms with Crippen molar-refractivity contribution in [3.8, 4) is 0 Å². The second-order valence-electron chi connectivity index (χ2n) is 2.88. The predicted octanol–water partition coefficient (Wildman–Crippen LogP) is 1.47. The molecule has 1 saturated heterocycles. The van der Waals surface area contributed by atoms with Gasteiger partial charge >= 0.3 is 0 Å². The molecule has 1 aliphatic heterocycles. The molecule has 0 bridgehead atoms. The lowest BCUT2D eigenvalue weighted by Crippen LogP contribution is -2.37. The van der Waals surface area contributed by atoms with Crippen LogP contribution in [0.25, 0.3) is 0 Å². The number of thioether (sulfide) groups is 1. The molecule has 4 heteroatoms. The van der Waals surface area contributed by atoms with Crippen LogP contribution < -0.4 is 0 Å². The van der Waals surface area contributed by atoms with Crippen LogP contribution in [0.2, 0.25) is 0 Å². The summed E-state index contributed by atoms with van der Waals surface area (Å²) in [5.74, 6) is 2.54. The van der Waals surface area contributed by atoms with Crippen LogP contribution in [0.4, 0.5) is 0 Å². The van der Waals surface area contributed by atoms with Gasteiger partial charge in [-0.2, -0.15) is 11.8 Å². The van der Waals surface area contributed by atoms with Crippen LogP contribution >= 0.6 is 11.8 Å². The molecule has 1 aromatic heterocycles.